The molecule has 0 aliphatic heterocycles. The molecule has 0 aromatic rings. The van der Waals surface area contributed by atoms with E-state index in [9.17, 15) is 14.4 Å². The SMILES string of the molecule is CC1=CC(C(C)(C)C)=C(CP(=O)(O)O)C(C)C1. The molecule has 0 aromatic carbocycles. The van der Waals surface area contributed by atoms with Crippen molar-refractivity contribution < 1.29 is 14.4 Å². The van der Waals surface area contributed by atoms with Gasteiger partial charge in [0.15, 0.2) is 0 Å². The van der Waals surface area contributed by atoms with Crippen LogP contribution in [-0.4, -0.2) is 15.9 Å². The summed E-state index contributed by atoms with van der Waals surface area (Å²) in [5, 5.41) is 0. The molecular weight excluding hydrogens is 235 g/mol. The Balaban J connectivity index is 3.26. The van der Waals surface area contributed by atoms with Crippen molar-refractivity contribution in [2.24, 2.45) is 11.3 Å². The van der Waals surface area contributed by atoms with Crippen LogP contribution in [0.1, 0.15) is 41.0 Å². The van der Waals surface area contributed by atoms with Crippen molar-refractivity contribution in [3.8, 4) is 0 Å². The van der Waals surface area contributed by atoms with E-state index in [1.165, 1.54) is 5.57 Å². The largest absolute Gasteiger partial charge is 0.329 e. The number of allylic oxidation sites excluding steroid dienone is 4. The zero-order valence-electron chi connectivity index (χ0n) is 11.3. The van der Waals surface area contributed by atoms with Gasteiger partial charge in [0, 0.05) is 0 Å². The van der Waals surface area contributed by atoms with E-state index < -0.39 is 7.60 Å². The zero-order chi connectivity index (χ0) is 13.4. The van der Waals surface area contributed by atoms with Crippen LogP contribution in [0.15, 0.2) is 22.8 Å². The number of rotatable bonds is 2. The van der Waals surface area contributed by atoms with E-state index in [1.807, 2.05) is 6.92 Å². The molecule has 0 radical (unpaired) electrons. The van der Waals surface area contributed by atoms with Crippen LogP contribution in [0.5, 0.6) is 0 Å². The second-order valence-corrected chi connectivity index (χ2v) is 7.75. The minimum Gasteiger partial charge on any atom is -0.324 e. The van der Waals surface area contributed by atoms with Gasteiger partial charge >= 0.3 is 7.60 Å². The number of hydrogen-bond donors (Lipinski definition) is 2. The lowest BCUT2D eigenvalue weighted by Crippen LogP contribution is -2.20. The summed E-state index contributed by atoms with van der Waals surface area (Å²) in [4.78, 5) is 18.4. The Labute approximate surface area is 104 Å². The summed E-state index contributed by atoms with van der Waals surface area (Å²) in [7, 11) is -3.99. The summed E-state index contributed by atoms with van der Waals surface area (Å²) in [5.74, 6) is 0.224. The maximum absolute atomic E-state index is 11.2. The van der Waals surface area contributed by atoms with E-state index in [4.69, 9.17) is 0 Å². The van der Waals surface area contributed by atoms with E-state index in [-0.39, 0.29) is 17.5 Å². The Bertz CT molecular complexity index is 407. The Morgan fingerprint density at radius 3 is 2.35 bits per heavy atom. The first kappa shape index (κ1) is 14.7. The molecule has 4 heteroatoms. The van der Waals surface area contributed by atoms with Crippen LogP contribution in [0.2, 0.25) is 0 Å². The minimum absolute atomic E-state index is 0.0690. The second kappa shape index (κ2) is 4.72. The fourth-order valence-electron chi connectivity index (χ4n) is 2.43. The molecule has 1 aliphatic carbocycles. The van der Waals surface area contributed by atoms with Crippen LogP contribution in [-0.2, 0) is 4.57 Å². The van der Waals surface area contributed by atoms with Crippen LogP contribution in [0.25, 0.3) is 0 Å². The summed E-state index contributed by atoms with van der Waals surface area (Å²) in [6.07, 6.45) is 2.89. The molecule has 0 aromatic heterocycles. The number of hydrogen-bond acceptors (Lipinski definition) is 1. The van der Waals surface area contributed by atoms with E-state index in [2.05, 4.69) is 33.8 Å². The van der Waals surface area contributed by atoms with Gasteiger partial charge in [-0.05, 0) is 30.3 Å². The summed E-state index contributed by atoms with van der Waals surface area (Å²) in [6.45, 7) is 10.4. The molecule has 0 spiro atoms. The molecule has 1 aliphatic rings. The van der Waals surface area contributed by atoms with Gasteiger partial charge in [-0.15, -0.1) is 0 Å². The molecule has 1 atom stereocenters. The molecule has 17 heavy (non-hydrogen) atoms. The molecule has 0 bridgehead atoms. The van der Waals surface area contributed by atoms with Gasteiger partial charge in [-0.25, -0.2) is 0 Å². The van der Waals surface area contributed by atoms with E-state index in [0.717, 1.165) is 17.6 Å². The van der Waals surface area contributed by atoms with Crippen molar-refractivity contribution in [2.75, 3.05) is 6.16 Å². The van der Waals surface area contributed by atoms with Gasteiger partial charge in [0.25, 0.3) is 0 Å². The molecule has 0 amide bonds. The van der Waals surface area contributed by atoms with Gasteiger partial charge in [0.1, 0.15) is 0 Å². The molecular formula is C13H23O3P. The van der Waals surface area contributed by atoms with Crippen LogP contribution in [0.3, 0.4) is 0 Å². The standard InChI is InChI=1S/C13H23O3P/c1-9-6-10(2)11(8-17(14,15)16)12(7-9)13(3,4)5/h7,10H,6,8H2,1-5H3,(H2,14,15,16). The quantitative estimate of drug-likeness (QED) is 0.745. The third-order valence-electron chi connectivity index (χ3n) is 3.14. The normalized spacial score (nSPS) is 22.8. The second-order valence-electron chi connectivity index (χ2n) is 6.11. The first-order valence-electron chi connectivity index (χ1n) is 5.96. The van der Waals surface area contributed by atoms with Crippen LogP contribution < -0.4 is 0 Å². The van der Waals surface area contributed by atoms with Crippen LogP contribution >= 0.6 is 7.60 Å². The molecule has 98 valence electrons. The molecule has 0 heterocycles. The average Bonchev–Trinajstić information content (AvgIpc) is 2.05. The molecule has 3 nitrogen and oxygen atoms in total. The van der Waals surface area contributed by atoms with Gasteiger partial charge in [-0.1, -0.05) is 44.9 Å². The molecule has 2 N–H and O–H groups in total. The molecule has 1 unspecified atom stereocenters. The highest BCUT2D eigenvalue weighted by Crippen LogP contribution is 2.46. The minimum atomic E-state index is -3.99. The Kier molecular flexibility index (Phi) is 4.08. The highest BCUT2D eigenvalue weighted by molar-refractivity contribution is 7.52. The van der Waals surface area contributed by atoms with E-state index in [1.54, 1.807) is 0 Å². The zero-order valence-corrected chi connectivity index (χ0v) is 12.2. The van der Waals surface area contributed by atoms with Crippen LogP contribution in [0, 0.1) is 11.3 Å². The van der Waals surface area contributed by atoms with Gasteiger partial charge in [-0.2, -0.15) is 0 Å². The predicted octanol–water partition coefficient (Wildman–Crippen LogP) is 3.49. The predicted molar refractivity (Wildman–Crippen MR) is 70.9 cm³/mol. The average molecular weight is 258 g/mol. The van der Waals surface area contributed by atoms with E-state index in [0.29, 0.717) is 0 Å². The van der Waals surface area contributed by atoms with Crippen molar-refractivity contribution in [1.29, 1.82) is 0 Å². The summed E-state index contributed by atoms with van der Waals surface area (Å²) < 4.78 is 11.2. The first-order chi connectivity index (χ1) is 7.50. The lowest BCUT2D eigenvalue weighted by Gasteiger charge is -2.32. The molecule has 0 saturated heterocycles. The van der Waals surface area contributed by atoms with Crippen molar-refractivity contribution >= 4 is 7.60 Å². The summed E-state index contributed by atoms with van der Waals surface area (Å²) in [5.41, 5.74) is 3.24. The molecule has 1 rings (SSSR count). The molecule has 0 fully saturated rings. The maximum atomic E-state index is 11.2. The van der Waals surface area contributed by atoms with E-state index >= 15 is 0 Å². The topological polar surface area (TPSA) is 57.5 Å². The third kappa shape index (κ3) is 4.09. The highest BCUT2D eigenvalue weighted by atomic mass is 31.2. The van der Waals surface area contributed by atoms with Crippen molar-refractivity contribution in [1.82, 2.24) is 0 Å². The first-order valence-corrected chi connectivity index (χ1v) is 7.76. The summed E-state index contributed by atoms with van der Waals surface area (Å²) in [6, 6.07) is 0. The Hall–Kier alpha value is -0.370. The smallest absolute Gasteiger partial charge is 0.324 e. The Morgan fingerprint density at radius 1 is 1.41 bits per heavy atom. The fourth-order valence-corrected chi connectivity index (χ4v) is 3.36. The van der Waals surface area contributed by atoms with Crippen LogP contribution in [0.4, 0.5) is 0 Å². The third-order valence-corrected chi connectivity index (χ3v) is 3.90. The van der Waals surface area contributed by atoms with Crippen molar-refractivity contribution in [3.05, 3.63) is 22.8 Å². The van der Waals surface area contributed by atoms with Crippen molar-refractivity contribution in [3.63, 3.8) is 0 Å². The highest BCUT2D eigenvalue weighted by Gasteiger charge is 2.30. The summed E-state index contributed by atoms with van der Waals surface area (Å²) >= 11 is 0. The lowest BCUT2D eigenvalue weighted by molar-refractivity contribution is 0.373. The van der Waals surface area contributed by atoms with Crippen molar-refractivity contribution in [2.45, 2.75) is 41.0 Å². The fraction of sp³-hybridized carbons (Fsp3) is 0.692. The maximum Gasteiger partial charge on any atom is 0.329 e. The Morgan fingerprint density at radius 2 is 1.94 bits per heavy atom. The van der Waals surface area contributed by atoms with Gasteiger partial charge < -0.3 is 9.79 Å². The van der Waals surface area contributed by atoms with Gasteiger partial charge in [0.2, 0.25) is 0 Å². The van der Waals surface area contributed by atoms with Gasteiger partial charge in [-0.3, -0.25) is 4.57 Å². The molecule has 0 saturated carbocycles. The van der Waals surface area contributed by atoms with Gasteiger partial charge in [0.05, 0.1) is 6.16 Å². The monoisotopic (exact) mass is 258 g/mol. The lowest BCUT2D eigenvalue weighted by atomic mass is 9.75.